The maximum atomic E-state index is 12.5. The van der Waals surface area contributed by atoms with Gasteiger partial charge in [0.1, 0.15) is 0 Å². The van der Waals surface area contributed by atoms with Gasteiger partial charge in [0.2, 0.25) is 10.0 Å². The van der Waals surface area contributed by atoms with E-state index >= 15 is 0 Å². The zero-order chi connectivity index (χ0) is 17.9. The van der Waals surface area contributed by atoms with Crippen LogP contribution in [-0.2, 0) is 14.8 Å². The summed E-state index contributed by atoms with van der Waals surface area (Å²) < 4.78 is 25.2. The van der Waals surface area contributed by atoms with E-state index in [2.05, 4.69) is 0 Å². The predicted octanol–water partition coefficient (Wildman–Crippen LogP) is 1.26. The van der Waals surface area contributed by atoms with Crippen molar-refractivity contribution in [3.05, 3.63) is 29.8 Å². The molecule has 0 radical (unpaired) electrons. The second-order valence-electron chi connectivity index (χ2n) is 6.15. The van der Waals surface area contributed by atoms with Gasteiger partial charge < -0.3 is 10.0 Å². The third-order valence-electron chi connectivity index (χ3n) is 4.24. The van der Waals surface area contributed by atoms with Crippen molar-refractivity contribution in [1.29, 1.82) is 0 Å². The summed E-state index contributed by atoms with van der Waals surface area (Å²) in [6.07, 6.45) is 1.48. The summed E-state index contributed by atoms with van der Waals surface area (Å²) in [6.45, 7) is 1.04. The molecular formula is C16H22N2O5S. The summed E-state index contributed by atoms with van der Waals surface area (Å²) in [4.78, 5) is 25.0. The highest BCUT2D eigenvalue weighted by molar-refractivity contribution is 7.89. The standard InChI is InChI=1S/C16H22N2O5S/c1-17(2)24(22,23)14-5-3-13(4-6-14)16(21)18-9-7-12(8-10-18)11-15(19)20/h3-6,12H,7-11H2,1-2H3,(H,19,20). The second-order valence-corrected chi connectivity index (χ2v) is 8.30. The molecule has 1 aliphatic heterocycles. The third kappa shape index (κ3) is 4.12. The Morgan fingerprint density at radius 2 is 1.71 bits per heavy atom. The molecule has 1 amide bonds. The van der Waals surface area contributed by atoms with Crippen LogP contribution >= 0.6 is 0 Å². The Morgan fingerprint density at radius 1 is 1.17 bits per heavy atom. The minimum absolute atomic E-state index is 0.110. The van der Waals surface area contributed by atoms with Crippen LogP contribution in [0, 0.1) is 5.92 Å². The number of carbonyl (C=O) groups excluding carboxylic acids is 1. The Hall–Kier alpha value is -1.93. The van der Waals surface area contributed by atoms with Crippen molar-refractivity contribution >= 4 is 21.9 Å². The van der Waals surface area contributed by atoms with Gasteiger partial charge in [-0.3, -0.25) is 9.59 Å². The van der Waals surface area contributed by atoms with Gasteiger partial charge in [0.15, 0.2) is 0 Å². The van der Waals surface area contributed by atoms with Gasteiger partial charge in [-0.2, -0.15) is 0 Å². The molecule has 1 heterocycles. The van der Waals surface area contributed by atoms with Gasteiger partial charge in [-0.1, -0.05) is 0 Å². The molecule has 1 N–H and O–H groups in total. The van der Waals surface area contributed by atoms with Gasteiger partial charge in [-0.25, -0.2) is 12.7 Å². The molecule has 1 saturated heterocycles. The number of rotatable bonds is 5. The average Bonchev–Trinajstić information content (AvgIpc) is 2.54. The highest BCUT2D eigenvalue weighted by atomic mass is 32.2. The lowest BCUT2D eigenvalue weighted by Gasteiger charge is -2.31. The largest absolute Gasteiger partial charge is 0.481 e. The number of carboxylic acid groups (broad SMARTS) is 1. The van der Waals surface area contributed by atoms with E-state index in [1.165, 1.54) is 38.4 Å². The Labute approximate surface area is 141 Å². The SMILES string of the molecule is CN(C)S(=O)(=O)c1ccc(C(=O)N2CCC(CC(=O)O)CC2)cc1. The lowest BCUT2D eigenvalue weighted by atomic mass is 9.93. The Morgan fingerprint density at radius 3 is 2.17 bits per heavy atom. The van der Waals surface area contributed by atoms with Gasteiger partial charge >= 0.3 is 5.97 Å². The zero-order valence-electron chi connectivity index (χ0n) is 13.8. The quantitative estimate of drug-likeness (QED) is 0.859. The Balaban J connectivity index is 2.03. The van der Waals surface area contributed by atoms with E-state index in [1.807, 2.05) is 0 Å². The van der Waals surface area contributed by atoms with Crippen molar-refractivity contribution in [2.45, 2.75) is 24.2 Å². The summed E-state index contributed by atoms with van der Waals surface area (Å²) in [6, 6.07) is 5.89. The molecule has 0 spiro atoms. The lowest BCUT2D eigenvalue weighted by Crippen LogP contribution is -2.38. The first-order valence-corrected chi connectivity index (χ1v) is 9.19. The van der Waals surface area contributed by atoms with E-state index in [1.54, 1.807) is 4.90 Å². The Kier molecular flexibility index (Phi) is 5.61. The van der Waals surface area contributed by atoms with E-state index in [4.69, 9.17) is 5.11 Å². The van der Waals surface area contributed by atoms with Gasteiger partial charge in [0, 0.05) is 39.2 Å². The van der Waals surface area contributed by atoms with E-state index in [-0.39, 0.29) is 23.1 Å². The summed E-state index contributed by atoms with van der Waals surface area (Å²) in [5, 5.41) is 8.82. The number of likely N-dealkylation sites (tertiary alicyclic amines) is 1. The average molecular weight is 354 g/mol. The van der Waals surface area contributed by atoms with E-state index in [9.17, 15) is 18.0 Å². The zero-order valence-corrected chi connectivity index (χ0v) is 14.6. The maximum absolute atomic E-state index is 12.5. The number of aliphatic carboxylic acids is 1. The molecule has 1 aromatic rings. The van der Waals surface area contributed by atoms with Gasteiger partial charge in [0.05, 0.1) is 4.90 Å². The molecule has 8 heteroatoms. The van der Waals surface area contributed by atoms with Crippen LogP contribution in [0.4, 0.5) is 0 Å². The fraction of sp³-hybridized carbons (Fsp3) is 0.500. The van der Waals surface area contributed by atoms with Crippen LogP contribution in [0.3, 0.4) is 0 Å². The second kappa shape index (κ2) is 7.31. The number of amides is 1. The summed E-state index contributed by atoms with van der Waals surface area (Å²) in [5.74, 6) is -0.853. The fourth-order valence-corrected chi connectivity index (χ4v) is 3.65. The smallest absolute Gasteiger partial charge is 0.303 e. The molecular weight excluding hydrogens is 332 g/mol. The molecule has 0 saturated carbocycles. The maximum Gasteiger partial charge on any atom is 0.303 e. The lowest BCUT2D eigenvalue weighted by molar-refractivity contribution is -0.138. The third-order valence-corrected chi connectivity index (χ3v) is 6.07. The first kappa shape index (κ1) is 18.4. The van der Waals surface area contributed by atoms with Gasteiger partial charge in [-0.15, -0.1) is 0 Å². The van der Waals surface area contributed by atoms with Gasteiger partial charge in [-0.05, 0) is 43.0 Å². The first-order chi connectivity index (χ1) is 11.2. The number of carbonyl (C=O) groups is 2. The molecule has 0 unspecified atom stereocenters. The van der Waals surface area contributed by atoms with Crippen molar-refractivity contribution < 1.29 is 23.1 Å². The minimum atomic E-state index is -3.51. The monoisotopic (exact) mass is 354 g/mol. The van der Waals surface area contributed by atoms with E-state index in [0.717, 1.165) is 4.31 Å². The number of piperidine rings is 1. The molecule has 0 atom stereocenters. The number of benzene rings is 1. The van der Waals surface area contributed by atoms with Gasteiger partial charge in [0.25, 0.3) is 5.91 Å². The van der Waals surface area contributed by atoms with Crippen LogP contribution in [0.25, 0.3) is 0 Å². The highest BCUT2D eigenvalue weighted by Gasteiger charge is 2.25. The molecule has 1 fully saturated rings. The number of carboxylic acids is 1. The normalized spacial score (nSPS) is 16.4. The molecule has 0 bridgehead atoms. The van der Waals surface area contributed by atoms with Crippen molar-refractivity contribution in [3.63, 3.8) is 0 Å². The molecule has 1 aromatic carbocycles. The molecule has 7 nitrogen and oxygen atoms in total. The van der Waals surface area contributed by atoms with Crippen LogP contribution in [-0.4, -0.2) is 61.8 Å². The first-order valence-electron chi connectivity index (χ1n) is 7.75. The van der Waals surface area contributed by atoms with Crippen LogP contribution in [0.2, 0.25) is 0 Å². The minimum Gasteiger partial charge on any atom is -0.481 e. The number of hydrogen-bond acceptors (Lipinski definition) is 4. The van der Waals surface area contributed by atoms with Crippen LogP contribution < -0.4 is 0 Å². The topological polar surface area (TPSA) is 95.0 Å². The van der Waals surface area contributed by atoms with Crippen LogP contribution in [0.5, 0.6) is 0 Å². The summed E-state index contributed by atoms with van der Waals surface area (Å²) in [7, 11) is -0.602. The Bertz CT molecular complexity index is 704. The van der Waals surface area contributed by atoms with Crippen LogP contribution in [0.1, 0.15) is 29.6 Å². The fourth-order valence-electron chi connectivity index (χ4n) is 2.75. The summed E-state index contributed by atoms with van der Waals surface area (Å²) in [5.41, 5.74) is 0.435. The molecule has 1 aliphatic rings. The number of nitrogens with zero attached hydrogens (tertiary/aromatic N) is 2. The summed E-state index contributed by atoms with van der Waals surface area (Å²) >= 11 is 0. The van der Waals surface area contributed by atoms with Crippen molar-refractivity contribution in [1.82, 2.24) is 9.21 Å². The molecule has 2 rings (SSSR count). The highest BCUT2D eigenvalue weighted by Crippen LogP contribution is 2.22. The molecule has 24 heavy (non-hydrogen) atoms. The molecule has 0 aliphatic carbocycles. The number of hydrogen-bond donors (Lipinski definition) is 1. The van der Waals surface area contributed by atoms with E-state index in [0.29, 0.717) is 31.5 Å². The van der Waals surface area contributed by atoms with Crippen molar-refractivity contribution in [2.75, 3.05) is 27.2 Å². The van der Waals surface area contributed by atoms with Crippen molar-refractivity contribution in [2.24, 2.45) is 5.92 Å². The molecule has 0 aromatic heterocycles. The number of sulfonamides is 1. The van der Waals surface area contributed by atoms with Crippen molar-refractivity contribution in [3.8, 4) is 0 Å². The van der Waals surface area contributed by atoms with E-state index < -0.39 is 16.0 Å². The molecule has 132 valence electrons. The van der Waals surface area contributed by atoms with Crippen LogP contribution in [0.15, 0.2) is 29.2 Å². The predicted molar refractivity (Wildman–Crippen MR) is 88.2 cm³/mol.